The SMILES string of the molecule is CC1(C)CCC(NS(=O)(=O)c2cc(N)cc(Cl)c2F)CC1. The summed E-state index contributed by atoms with van der Waals surface area (Å²) in [5.41, 5.74) is 5.90. The van der Waals surface area contributed by atoms with Gasteiger partial charge in [-0.05, 0) is 43.2 Å². The van der Waals surface area contributed by atoms with Crippen LogP contribution < -0.4 is 10.5 Å². The van der Waals surface area contributed by atoms with Crippen molar-refractivity contribution in [3.05, 3.63) is 23.0 Å². The summed E-state index contributed by atoms with van der Waals surface area (Å²) in [5, 5.41) is -0.292. The van der Waals surface area contributed by atoms with Gasteiger partial charge in [0, 0.05) is 11.7 Å². The van der Waals surface area contributed by atoms with E-state index in [-0.39, 0.29) is 22.2 Å². The van der Waals surface area contributed by atoms with E-state index in [1.54, 1.807) is 0 Å². The van der Waals surface area contributed by atoms with Gasteiger partial charge in [0.05, 0.1) is 5.02 Å². The Bertz CT molecular complexity index is 637. The average Bonchev–Trinajstić information content (AvgIpc) is 2.36. The van der Waals surface area contributed by atoms with E-state index in [4.69, 9.17) is 17.3 Å². The van der Waals surface area contributed by atoms with E-state index < -0.39 is 20.7 Å². The maximum absolute atomic E-state index is 13.9. The van der Waals surface area contributed by atoms with Crippen molar-refractivity contribution in [2.24, 2.45) is 5.41 Å². The predicted octanol–water partition coefficient (Wildman–Crippen LogP) is 3.31. The van der Waals surface area contributed by atoms with Gasteiger partial charge in [-0.15, -0.1) is 0 Å². The Morgan fingerprint density at radius 2 is 1.90 bits per heavy atom. The maximum atomic E-state index is 13.9. The molecule has 0 atom stereocenters. The molecule has 0 bridgehead atoms. The van der Waals surface area contributed by atoms with Crippen LogP contribution in [-0.4, -0.2) is 14.5 Å². The Morgan fingerprint density at radius 1 is 1.33 bits per heavy atom. The Hall–Kier alpha value is -0.850. The zero-order valence-corrected chi connectivity index (χ0v) is 13.7. The summed E-state index contributed by atoms with van der Waals surface area (Å²) in [6.45, 7) is 4.32. The molecule has 1 fully saturated rings. The highest BCUT2D eigenvalue weighted by molar-refractivity contribution is 7.89. The van der Waals surface area contributed by atoms with Gasteiger partial charge in [0.15, 0.2) is 5.82 Å². The van der Waals surface area contributed by atoms with Gasteiger partial charge in [0.2, 0.25) is 10.0 Å². The van der Waals surface area contributed by atoms with Crippen LogP contribution in [0.25, 0.3) is 0 Å². The van der Waals surface area contributed by atoms with Crippen molar-refractivity contribution in [3.63, 3.8) is 0 Å². The second-order valence-electron chi connectivity index (χ2n) is 6.37. The van der Waals surface area contributed by atoms with Crippen LogP contribution in [-0.2, 0) is 10.0 Å². The number of anilines is 1. The minimum absolute atomic E-state index is 0.117. The van der Waals surface area contributed by atoms with Crippen molar-refractivity contribution in [1.29, 1.82) is 0 Å². The Morgan fingerprint density at radius 3 is 2.48 bits per heavy atom. The smallest absolute Gasteiger partial charge is 0.243 e. The fourth-order valence-corrected chi connectivity index (χ4v) is 4.30. The fraction of sp³-hybridized carbons (Fsp3) is 0.571. The topological polar surface area (TPSA) is 72.2 Å². The molecule has 7 heteroatoms. The average molecular weight is 335 g/mol. The molecular weight excluding hydrogens is 315 g/mol. The number of hydrogen-bond acceptors (Lipinski definition) is 3. The zero-order valence-electron chi connectivity index (χ0n) is 12.1. The molecule has 1 aliphatic rings. The van der Waals surface area contributed by atoms with E-state index >= 15 is 0 Å². The maximum Gasteiger partial charge on any atom is 0.243 e. The summed E-state index contributed by atoms with van der Waals surface area (Å²) in [7, 11) is -3.96. The van der Waals surface area contributed by atoms with Crippen LogP contribution in [0.3, 0.4) is 0 Å². The van der Waals surface area contributed by atoms with Crippen molar-refractivity contribution in [2.75, 3.05) is 5.73 Å². The molecule has 2 rings (SSSR count). The predicted molar refractivity (Wildman–Crippen MR) is 82.2 cm³/mol. The van der Waals surface area contributed by atoms with Crippen LogP contribution in [0.15, 0.2) is 17.0 Å². The fourth-order valence-electron chi connectivity index (χ4n) is 2.58. The molecule has 21 heavy (non-hydrogen) atoms. The third kappa shape index (κ3) is 3.87. The molecule has 0 amide bonds. The number of benzene rings is 1. The highest BCUT2D eigenvalue weighted by Gasteiger charge is 2.31. The van der Waals surface area contributed by atoms with Gasteiger partial charge in [0.25, 0.3) is 0 Å². The first-order valence-corrected chi connectivity index (χ1v) is 8.74. The molecule has 0 aromatic heterocycles. The summed E-state index contributed by atoms with van der Waals surface area (Å²) in [5.74, 6) is -0.963. The molecule has 0 aliphatic heterocycles. The molecule has 1 saturated carbocycles. The second-order valence-corrected chi connectivity index (χ2v) is 8.46. The lowest BCUT2D eigenvalue weighted by molar-refractivity contribution is 0.218. The molecule has 118 valence electrons. The van der Waals surface area contributed by atoms with Gasteiger partial charge in [-0.1, -0.05) is 25.4 Å². The molecule has 0 heterocycles. The minimum Gasteiger partial charge on any atom is -0.399 e. The molecule has 0 spiro atoms. The van der Waals surface area contributed by atoms with E-state index in [1.165, 1.54) is 6.07 Å². The third-order valence-corrected chi connectivity index (χ3v) is 5.76. The summed E-state index contributed by atoms with van der Waals surface area (Å²) in [4.78, 5) is -0.489. The zero-order chi connectivity index (χ0) is 15.8. The van der Waals surface area contributed by atoms with Crippen molar-refractivity contribution < 1.29 is 12.8 Å². The van der Waals surface area contributed by atoms with E-state index in [2.05, 4.69) is 18.6 Å². The molecular formula is C14H20ClFN2O2S. The summed E-state index contributed by atoms with van der Waals surface area (Å²) < 4.78 is 41.2. The van der Waals surface area contributed by atoms with Crippen LogP contribution in [0.1, 0.15) is 39.5 Å². The normalized spacial score (nSPS) is 19.6. The molecule has 1 aromatic rings. The minimum atomic E-state index is -3.96. The van der Waals surface area contributed by atoms with Crippen LogP contribution >= 0.6 is 11.6 Å². The van der Waals surface area contributed by atoms with Crippen LogP contribution in [0, 0.1) is 11.2 Å². The Kier molecular flexibility index (Phi) is 4.52. The monoisotopic (exact) mass is 334 g/mol. The first-order valence-electron chi connectivity index (χ1n) is 6.88. The van der Waals surface area contributed by atoms with E-state index in [1.807, 2.05) is 0 Å². The molecule has 4 nitrogen and oxygen atoms in total. The third-order valence-electron chi connectivity index (χ3n) is 3.97. The van der Waals surface area contributed by atoms with E-state index in [0.29, 0.717) is 0 Å². The number of nitrogen functional groups attached to an aromatic ring is 1. The summed E-state index contributed by atoms with van der Waals surface area (Å²) in [6, 6.07) is 2.11. The Balaban J connectivity index is 2.20. The van der Waals surface area contributed by atoms with Crippen molar-refractivity contribution in [3.8, 4) is 0 Å². The van der Waals surface area contributed by atoms with Gasteiger partial charge in [-0.2, -0.15) is 0 Å². The van der Waals surface area contributed by atoms with Gasteiger partial charge in [-0.3, -0.25) is 0 Å². The number of nitrogens with two attached hydrogens (primary N) is 1. The van der Waals surface area contributed by atoms with Crippen molar-refractivity contribution >= 4 is 27.3 Å². The number of hydrogen-bond donors (Lipinski definition) is 2. The molecule has 1 aromatic carbocycles. The van der Waals surface area contributed by atoms with Crippen LogP contribution in [0.5, 0.6) is 0 Å². The van der Waals surface area contributed by atoms with Crippen molar-refractivity contribution in [2.45, 2.75) is 50.5 Å². The lowest BCUT2D eigenvalue weighted by Crippen LogP contribution is -2.39. The first-order chi connectivity index (χ1) is 9.61. The summed E-state index contributed by atoms with van der Waals surface area (Å²) >= 11 is 5.66. The largest absolute Gasteiger partial charge is 0.399 e. The number of sulfonamides is 1. The van der Waals surface area contributed by atoms with E-state index in [0.717, 1.165) is 31.7 Å². The Labute approximate surface area is 129 Å². The second kappa shape index (κ2) is 5.74. The lowest BCUT2D eigenvalue weighted by Gasteiger charge is -2.34. The van der Waals surface area contributed by atoms with Gasteiger partial charge in [-0.25, -0.2) is 17.5 Å². The summed E-state index contributed by atoms with van der Waals surface area (Å²) in [6.07, 6.45) is 3.34. The molecule has 3 N–H and O–H groups in total. The standard InChI is InChI=1S/C14H20ClFN2O2S/c1-14(2)5-3-10(4-6-14)18-21(19,20)12-8-9(17)7-11(15)13(12)16/h7-8,10,18H,3-6,17H2,1-2H3. The molecule has 0 saturated heterocycles. The van der Waals surface area contributed by atoms with Crippen molar-refractivity contribution in [1.82, 2.24) is 4.72 Å². The number of rotatable bonds is 3. The highest BCUT2D eigenvalue weighted by atomic mass is 35.5. The van der Waals surface area contributed by atoms with Gasteiger partial charge in [0.1, 0.15) is 4.90 Å². The number of halogens is 2. The molecule has 1 aliphatic carbocycles. The molecule has 0 unspecified atom stereocenters. The number of nitrogens with one attached hydrogen (secondary N) is 1. The lowest BCUT2D eigenvalue weighted by atomic mass is 9.76. The quantitative estimate of drug-likeness (QED) is 0.833. The van der Waals surface area contributed by atoms with Crippen LogP contribution in [0.4, 0.5) is 10.1 Å². The first kappa shape index (κ1) is 16.5. The van der Waals surface area contributed by atoms with Gasteiger partial charge < -0.3 is 5.73 Å². The van der Waals surface area contributed by atoms with E-state index in [9.17, 15) is 12.8 Å². The highest BCUT2D eigenvalue weighted by Crippen LogP contribution is 2.35. The van der Waals surface area contributed by atoms with Gasteiger partial charge >= 0.3 is 0 Å². The van der Waals surface area contributed by atoms with Crippen LogP contribution in [0.2, 0.25) is 5.02 Å². The molecule has 0 radical (unpaired) electrons.